The van der Waals surface area contributed by atoms with E-state index in [1.807, 2.05) is 27.7 Å². The molecule has 1 atom stereocenters. The zero-order chi connectivity index (χ0) is 29.1. The van der Waals surface area contributed by atoms with Crippen molar-refractivity contribution in [3.8, 4) is 0 Å². The second-order valence-electron chi connectivity index (χ2n) is 11.6. The van der Waals surface area contributed by atoms with Gasteiger partial charge in [-0.25, -0.2) is 18.2 Å². The minimum atomic E-state index is -3.70. The molecule has 10 nitrogen and oxygen atoms in total. The molecule has 216 valence electrons. The molecule has 1 spiro atoms. The Labute approximate surface area is 236 Å². The van der Waals surface area contributed by atoms with Gasteiger partial charge in [0.05, 0.1) is 10.5 Å². The number of nitrogens with one attached hydrogen (secondary N) is 1. The van der Waals surface area contributed by atoms with Gasteiger partial charge >= 0.3 is 6.09 Å². The van der Waals surface area contributed by atoms with Crippen LogP contribution in [0.2, 0.25) is 0 Å². The van der Waals surface area contributed by atoms with Gasteiger partial charge in [-0.2, -0.15) is 4.31 Å². The predicted octanol–water partition coefficient (Wildman–Crippen LogP) is 3.95. The second-order valence-corrected chi connectivity index (χ2v) is 13.5. The number of ether oxygens (including phenoxy) is 1. The minimum Gasteiger partial charge on any atom is -0.444 e. The van der Waals surface area contributed by atoms with Crippen molar-refractivity contribution in [2.75, 3.05) is 26.2 Å². The number of piperidine rings is 1. The van der Waals surface area contributed by atoms with Crippen molar-refractivity contribution in [1.82, 2.24) is 24.1 Å². The molecule has 2 aliphatic heterocycles. The maximum atomic E-state index is 13.5. The van der Waals surface area contributed by atoms with Gasteiger partial charge in [0.1, 0.15) is 11.4 Å². The van der Waals surface area contributed by atoms with Gasteiger partial charge in [0.2, 0.25) is 10.0 Å². The molecule has 11 heteroatoms. The molecule has 2 saturated heterocycles. The largest absolute Gasteiger partial charge is 0.444 e. The molecule has 1 unspecified atom stereocenters. The van der Waals surface area contributed by atoms with E-state index in [2.05, 4.69) is 16.9 Å². The fourth-order valence-corrected chi connectivity index (χ4v) is 6.77. The molecule has 2 aromatic rings. The number of carbonyl (C=O) groups is 2. The predicted molar refractivity (Wildman–Crippen MR) is 153 cm³/mol. The summed E-state index contributed by atoms with van der Waals surface area (Å²) in [6.07, 6.45) is 8.58. The minimum absolute atomic E-state index is 0.210. The molecule has 0 saturated carbocycles. The summed E-state index contributed by atoms with van der Waals surface area (Å²) in [6, 6.07) is 6.58. The van der Waals surface area contributed by atoms with Gasteiger partial charge in [-0.05, 0) is 64.7 Å². The van der Waals surface area contributed by atoms with E-state index in [9.17, 15) is 18.0 Å². The number of imidazole rings is 1. The first kappa shape index (κ1) is 29.5. The Kier molecular flexibility index (Phi) is 8.55. The summed E-state index contributed by atoms with van der Waals surface area (Å²) >= 11 is 0. The normalized spacial score (nSPS) is 20.5. The standard InChI is InChI=1S/C29H39N5O5S/c1-6-24(19-32-17-14-30-22(32)2)26(35)31-18-23-8-10-25(11-9-23)40(37,38)34-16-13-29(21-34)12-7-15-33(20-29)27(36)39-28(3,4)5/h6,8-11,14,17,19H,1,7,12-13,15-16,18,20-21H2,2-5H3,(H,31,35)/b24-19+. The Morgan fingerprint density at radius 1 is 1.15 bits per heavy atom. The van der Waals surface area contributed by atoms with Crippen LogP contribution in [0.15, 0.2) is 59.8 Å². The van der Waals surface area contributed by atoms with Gasteiger partial charge < -0.3 is 19.5 Å². The fraction of sp³-hybridized carbons (Fsp3) is 0.483. The van der Waals surface area contributed by atoms with Gasteiger partial charge in [0.25, 0.3) is 5.91 Å². The van der Waals surface area contributed by atoms with E-state index >= 15 is 0 Å². The second kappa shape index (κ2) is 11.6. The van der Waals surface area contributed by atoms with Crippen LogP contribution in [0.3, 0.4) is 0 Å². The van der Waals surface area contributed by atoms with Crippen molar-refractivity contribution in [1.29, 1.82) is 0 Å². The van der Waals surface area contributed by atoms with E-state index in [0.29, 0.717) is 38.2 Å². The van der Waals surface area contributed by atoms with Gasteiger partial charge in [-0.1, -0.05) is 24.8 Å². The number of aryl methyl sites for hydroxylation is 1. The highest BCUT2D eigenvalue weighted by atomic mass is 32.2. The maximum Gasteiger partial charge on any atom is 0.410 e. The molecule has 0 aliphatic carbocycles. The van der Waals surface area contributed by atoms with Crippen molar-refractivity contribution in [2.45, 2.75) is 64.0 Å². The van der Waals surface area contributed by atoms with Crippen LogP contribution in [-0.4, -0.2) is 71.0 Å². The van der Waals surface area contributed by atoms with Crippen LogP contribution >= 0.6 is 0 Å². The Morgan fingerprint density at radius 2 is 1.88 bits per heavy atom. The van der Waals surface area contributed by atoms with Crippen LogP contribution in [0.5, 0.6) is 0 Å². The number of rotatable bonds is 7. The first-order valence-electron chi connectivity index (χ1n) is 13.5. The lowest BCUT2D eigenvalue weighted by Gasteiger charge is -2.40. The van der Waals surface area contributed by atoms with Gasteiger partial charge in [0, 0.05) is 56.7 Å². The maximum absolute atomic E-state index is 13.5. The number of hydrogen-bond acceptors (Lipinski definition) is 6. The molecule has 1 aromatic carbocycles. The van der Waals surface area contributed by atoms with E-state index in [1.165, 1.54) is 10.4 Å². The molecule has 4 rings (SSSR count). The summed E-state index contributed by atoms with van der Waals surface area (Å²) in [6.45, 7) is 13.2. The van der Waals surface area contributed by atoms with E-state index in [4.69, 9.17) is 4.74 Å². The van der Waals surface area contributed by atoms with Gasteiger partial charge in [-0.15, -0.1) is 0 Å². The molecule has 2 fully saturated rings. The van der Waals surface area contributed by atoms with E-state index in [0.717, 1.165) is 24.2 Å². The highest BCUT2D eigenvalue weighted by molar-refractivity contribution is 7.89. The summed E-state index contributed by atoms with van der Waals surface area (Å²) in [5.74, 6) is 0.451. The summed E-state index contributed by atoms with van der Waals surface area (Å²) in [5.41, 5.74) is 0.313. The average molecular weight is 570 g/mol. The fourth-order valence-electron chi connectivity index (χ4n) is 5.21. The number of benzene rings is 1. The van der Waals surface area contributed by atoms with E-state index < -0.39 is 15.6 Å². The summed E-state index contributed by atoms with van der Waals surface area (Å²) in [4.78, 5) is 31.4. The number of likely N-dealkylation sites (tertiary alicyclic amines) is 1. The topological polar surface area (TPSA) is 114 Å². The average Bonchev–Trinajstić information content (AvgIpc) is 3.51. The lowest BCUT2D eigenvalue weighted by molar-refractivity contribution is -0.117. The molecule has 1 N–H and O–H groups in total. The Bertz CT molecular complexity index is 1390. The number of sulfonamides is 1. The van der Waals surface area contributed by atoms with Crippen LogP contribution in [0.25, 0.3) is 6.20 Å². The number of aromatic nitrogens is 2. The first-order chi connectivity index (χ1) is 18.8. The number of nitrogens with zero attached hydrogens (tertiary/aromatic N) is 4. The van der Waals surface area contributed by atoms with Crippen molar-refractivity contribution >= 4 is 28.2 Å². The van der Waals surface area contributed by atoms with Gasteiger partial charge in [0.15, 0.2) is 0 Å². The number of carbonyl (C=O) groups excluding carboxylic acids is 2. The molecular weight excluding hydrogens is 530 g/mol. The Morgan fingerprint density at radius 3 is 2.50 bits per heavy atom. The van der Waals surface area contributed by atoms with Crippen LogP contribution in [0.1, 0.15) is 51.4 Å². The zero-order valence-electron chi connectivity index (χ0n) is 23.7. The lowest BCUT2D eigenvalue weighted by Crippen LogP contribution is -2.49. The van der Waals surface area contributed by atoms with Crippen LogP contribution in [0.4, 0.5) is 4.79 Å². The molecule has 2 aliphatic rings. The summed E-state index contributed by atoms with van der Waals surface area (Å²) in [5, 5.41) is 2.85. The smallest absolute Gasteiger partial charge is 0.410 e. The van der Waals surface area contributed by atoms with Crippen LogP contribution in [-0.2, 0) is 26.1 Å². The third kappa shape index (κ3) is 6.82. The molecule has 2 amide bonds. The van der Waals surface area contributed by atoms with Gasteiger partial charge in [-0.3, -0.25) is 4.79 Å². The molecule has 0 bridgehead atoms. The van der Waals surface area contributed by atoms with Crippen LogP contribution < -0.4 is 5.32 Å². The third-order valence-corrected chi connectivity index (χ3v) is 9.21. The SMILES string of the molecule is C=C/C(=C\n1ccnc1C)C(=O)NCc1ccc(S(=O)(=O)N2CCC3(CCCN(C(=O)OC(C)(C)C)C3)C2)cc1. The van der Waals surface area contributed by atoms with Crippen molar-refractivity contribution < 1.29 is 22.7 Å². The molecular formula is C29H39N5O5S. The highest BCUT2D eigenvalue weighted by Crippen LogP contribution is 2.41. The monoisotopic (exact) mass is 569 g/mol. The number of amides is 2. The molecule has 3 heterocycles. The summed E-state index contributed by atoms with van der Waals surface area (Å²) in [7, 11) is -3.70. The van der Waals surface area contributed by atoms with Crippen molar-refractivity contribution in [2.24, 2.45) is 5.41 Å². The molecule has 1 aromatic heterocycles. The molecule has 40 heavy (non-hydrogen) atoms. The highest BCUT2D eigenvalue weighted by Gasteiger charge is 2.46. The Hall–Kier alpha value is -3.44. The van der Waals surface area contributed by atoms with Crippen molar-refractivity contribution in [3.63, 3.8) is 0 Å². The quantitative estimate of drug-likeness (QED) is 0.399. The summed E-state index contributed by atoms with van der Waals surface area (Å²) < 4.78 is 35.8. The zero-order valence-corrected chi connectivity index (χ0v) is 24.5. The molecule has 0 radical (unpaired) electrons. The Balaban J connectivity index is 1.37. The third-order valence-electron chi connectivity index (χ3n) is 7.35. The van der Waals surface area contributed by atoms with Crippen molar-refractivity contribution in [3.05, 3.63) is 66.3 Å². The first-order valence-corrected chi connectivity index (χ1v) is 14.9. The van der Waals surface area contributed by atoms with Crippen LogP contribution in [0, 0.1) is 12.3 Å². The number of hydrogen-bond donors (Lipinski definition) is 1. The van der Waals surface area contributed by atoms with E-state index in [1.54, 1.807) is 52.3 Å². The lowest BCUT2D eigenvalue weighted by atomic mass is 9.79. The van der Waals surface area contributed by atoms with E-state index in [-0.39, 0.29) is 28.9 Å².